The molecule has 12 heteroatoms. The molecule has 2 atom stereocenters. The largest absolute Gasteiger partial charge is 0.356 e. The number of fused-ring (bicyclic) bond motifs is 1. The van der Waals surface area contributed by atoms with Gasteiger partial charge in [-0.2, -0.15) is 10.4 Å². The van der Waals surface area contributed by atoms with Crippen LogP contribution in [0.15, 0.2) is 58.7 Å². The van der Waals surface area contributed by atoms with Gasteiger partial charge < -0.3 is 9.80 Å². The highest BCUT2D eigenvalue weighted by atomic mass is 32.1. The molecular weight excluding hydrogens is 549 g/mol. The smallest absolute Gasteiger partial charge is 0.347 e. The number of pyridine rings is 1. The number of thiazole rings is 1. The standard InChI is InChI=1S/C30H29B2FN6O2S/c1-6-24(40)37-13-17(4)38(18(5)14-37)28-21-12-22(33)26(20-10-8-7-9-19(20)11-23(31)32)35-27(21)39(30(41)36-28)29-25(16(2)3)34-15-42-29/h6-12,15-18H,1,13-14H2,2-5H3/t17-,18-/m0/s1. The summed E-state index contributed by atoms with van der Waals surface area (Å²) in [6, 6.07) is 7.98. The first-order valence-electron chi connectivity index (χ1n) is 13.6. The van der Waals surface area contributed by atoms with Crippen LogP contribution in [-0.4, -0.2) is 71.2 Å². The minimum Gasteiger partial charge on any atom is -0.347 e. The molecule has 5 rings (SSSR count). The lowest BCUT2D eigenvalue weighted by molar-refractivity contribution is -0.127. The summed E-state index contributed by atoms with van der Waals surface area (Å²) in [5.41, 5.74) is 3.16. The fraction of sp³-hybridized carbons (Fsp3) is 0.300. The highest BCUT2D eigenvalue weighted by Gasteiger charge is 2.34. The average molecular weight is 578 g/mol. The number of nitrogens with zero attached hydrogens (tertiary/aromatic N) is 6. The van der Waals surface area contributed by atoms with Crippen LogP contribution in [0.2, 0.25) is 0 Å². The van der Waals surface area contributed by atoms with Gasteiger partial charge in [0.1, 0.15) is 22.3 Å². The van der Waals surface area contributed by atoms with Crippen LogP contribution in [0.4, 0.5) is 10.2 Å². The molecule has 1 amide bonds. The highest BCUT2D eigenvalue weighted by Crippen LogP contribution is 2.35. The van der Waals surface area contributed by atoms with Crippen LogP contribution in [-0.2, 0) is 4.79 Å². The second-order valence-corrected chi connectivity index (χ2v) is 11.6. The molecule has 8 nitrogen and oxygen atoms in total. The van der Waals surface area contributed by atoms with Crippen molar-refractivity contribution in [1.29, 1.82) is 0 Å². The van der Waals surface area contributed by atoms with Gasteiger partial charge in [0.05, 0.1) is 32.3 Å². The molecule has 1 fully saturated rings. The zero-order valence-electron chi connectivity index (χ0n) is 23.9. The van der Waals surface area contributed by atoms with Gasteiger partial charge in [0.25, 0.3) is 0 Å². The van der Waals surface area contributed by atoms with E-state index < -0.39 is 11.5 Å². The highest BCUT2D eigenvalue weighted by molar-refractivity contribution is 7.12. The number of anilines is 1. The molecule has 4 radical (unpaired) electrons. The minimum absolute atomic E-state index is 0.0155. The normalized spacial score (nSPS) is 17.1. The van der Waals surface area contributed by atoms with E-state index >= 15 is 4.39 Å². The van der Waals surface area contributed by atoms with Gasteiger partial charge in [-0.1, -0.05) is 50.8 Å². The van der Waals surface area contributed by atoms with Gasteiger partial charge in [0.2, 0.25) is 5.91 Å². The second kappa shape index (κ2) is 11.7. The average Bonchev–Trinajstić information content (AvgIpc) is 3.42. The summed E-state index contributed by atoms with van der Waals surface area (Å²) in [5, 5.41) is 1.01. The van der Waals surface area contributed by atoms with E-state index in [4.69, 9.17) is 20.7 Å². The molecule has 1 aliphatic heterocycles. The van der Waals surface area contributed by atoms with Crippen molar-refractivity contribution >= 4 is 55.9 Å². The minimum atomic E-state index is -0.596. The first-order valence-corrected chi connectivity index (χ1v) is 14.5. The lowest BCUT2D eigenvalue weighted by atomic mass is 9.77. The predicted octanol–water partition coefficient (Wildman–Crippen LogP) is 4.41. The summed E-state index contributed by atoms with van der Waals surface area (Å²) in [6.45, 7) is 12.2. The number of hydrogen-bond acceptors (Lipinski definition) is 7. The molecule has 3 aromatic heterocycles. The van der Waals surface area contributed by atoms with Crippen molar-refractivity contribution in [3.05, 3.63) is 81.4 Å². The Balaban J connectivity index is 1.81. The molecule has 0 spiro atoms. The molecule has 210 valence electrons. The zero-order valence-corrected chi connectivity index (χ0v) is 24.7. The second-order valence-electron chi connectivity index (χ2n) is 10.7. The monoisotopic (exact) mass is 578 g/mol. The SMILES string of the molecule is [B]C([B])=Cc1ccccc1-c1nc2c(cc1F)c(N1[C@@H](C)CN(C(=O)C=C)C[C@@H]1C)nc(=O)n2-c1scnc1C(C)C. The van der Waals surface area contributed by atoms with Crippen molar-refractivity contribution < 1.29 is 9.18 Å². The topological polar surface area (TPSA) is 84.2 Å². The van der Waals surface area contributed by atoms with Crippen LogP contribution in [0.25, 0.3) is 33.4 Å². The molecule has 0 N–H and O–H groups in total. The van der Waals surface area contributed by atoms with E-state index in [0.717, 1.165) is 0 Å². The third-order valence-electron chi connectivity index (χ3n) is 7.31. The molecule has 4 aromatic rings. The Morgan fingerprint density at radius 2 is 1.86 bits per heavy atom. The Bertz CT molecular complexity index is 1770. The van der Waals surface area contributed by atoms with Crippen LogP contribution >= 0.6 is 11.3 Å². The number of halogens is 1. The number of benzene rings is 1. The van der Waals surface area contributed by atoms with Crippen molar-refractivity contribution in [3.8, 4) is 16.3 Å². The fourth-order valence-corrected chi connectivity index (χ4v) is 6.50. The first kappa shape index (κ1) is 29.4. The van der Waals surface area contributed by atoms with E-state index in [2.05, 4.69) is 16.5 Å². The van der Waals surface area contributed by atoms with Crippen molar-refractivity contribution in [2.24, 2.45) is 0 Å². The van der Waals surface area contributed by atoms with Gasteiger partial charge in [-0.25, -0.2) is 23.7 Å². The van der Waals surface area contributed by atoms with E-state index in [0.29, 0.717) is 46.1 Å². The summed E-state index contributed by atoms with van der Waals surface area (Å²) in [4.78, 5) is 43.8. The molecule has 4 heterocycles. The maximum Gasteiger partial charge on any atom is 0.356 e. The Hall–Kier alpha value is -4.05. The molecule has 0 unspecified atom stereocenters. The molecule has 1 aliphatic rings. The van der Waals surface area contributed by atoms with Crippen LogP contribution < -0.4 is 10.6 Å². The number of carbonyl (C=O) groups excluding carboxylic acids is 1. The summed E-state index contributed by atoms with van der Waals surface area (Å²) in [6.07, 6.45) is 2.83. The fourth-order valence-electron chi connectivity index (χ4n) is 5.55. The van der Waals surface area contributed by atoms with Crippen LogP contribution in [0, 0.1) is 5.82 Å². The molecule has 0 bridgehead atoms. The van der Waals surface area contributed by atoms with Gasteiger partial charge in [-0.15, -0.1) is 11.3 Å². The molecule has 1 saturated heterocycles. The van der Waals surface area contributed by atoms with Crippen LogP contribution in [0.1, 0.15) is 44.9 Å². The molecular formula is C30H29B2FN6O2S. The zero-order chi connectivity index (χ0) is 30.3. The molecule has 0 saturated carbocycles. The maximum atomic E-state index is 16.1. The van der Waals surface area contributed by atoms with Crippen molar-refractivity contribution in [3.63, 3.8) is 0 Å². The van der Waals surface area contributed by atoms with Gasteiger partial charge >= 0.3 is 5.69 Å². The third kappa shape index (κ3) is 5.31. The molecule has 1 aromatic carbocycles. The number of aromatic nitrogens is 4. The number of hydrogen-bond donors (Lipinski definition) is 0. The van der Waals surface area contributed by atoms with Gasteiger partial charge in [0, 0.05) is 30.7 Å². The molecule has 0 aliphatic carbocycles. The van der Waals surface area contributed by atoms with E-state index in [9.17, 15) is 9.59 Å². The van der Waals surface area contributed by atoms with Crippen molar-refractivity contribution in [1.82, 2.24) is 24.4 Å². The summed E-state index contributed by atoms with van der Waals surface area (Å²) in [5.74, 6) is -0.441. The summed E-state index contributed by atoms with van der Waals surface area (Å²) >= 11 is 1.29. The van der Waals surface area contributed by atoms with E-state index in [1.165, 1.54) is 28.0 Å². The Morgan fingerprint density at radius 3 is 2.50 bits per heavy atom. The quantitative estimate of drug-likeness (QED) is 0.249. The van der Waals surface area contributed by atoms with Crippen molar-refractivity contribution in [2.75, 3.05) is 18.0 Å². The number of carbonyl (C=O) groups is 1. The molecule has 42 heavy (non-hydrogen) atoms. The number of piperazine rings is 1. The van der Waals surface area contributed by atoms with Gasteiger partial charge in [-0.05, 0) is 37.5 Å². The van der Waals surface area contributed by atoms with E-state index in [1.54, 1.807) is 40.8 Å². The summed E-state index contributed by atoms with van der Waals surface area (Å²) < 4.78 is 17.5. The third-order valence-corrected chi connectivity index (χ3v) is 8.14. The van der Waals surface area contributed by atoms with Crippen molar-refractivity contribution in [2.45, 2.75) is 45.7 Å². The Labute approximate surface area is 250 Å². The maximum absolute atomic E-state index is 16.1. The van der Waals surface area contributed by atoms with Gasteiger partial charge in [-0.3, -0.25) is 4.79 Å². The predicted molar refractivity (Wildman–Crippen MR) is 168 cm³/mol. The lowest BCUT2D eigenvalue weighted by Crippen LogP contribution is -2.58. The Kier molecular flexibility index (Phi) is 8.19. The van der Waals surface area contributed by atoms with Crippen LogP contribution in [0.3, 0.4) is 0 Å². The van der Waals surface area contributed by atoms with E-state index in [1.807, 2.05) is 32.6 Å². The lowest BCUT2D eigenvalue weighted by Gasteiger charge is -2.45. The summed E-state index contributed by atoms with van der Waals surface area (Å²) in [7, 11) is 11.5. The number of amides is 1. The van der Waals surface area contributed by atoms with Crippen LogP contribution in [0.5, 0.6) is 0 Å². The Morgan fingerprint density at radius 1 is 1.17 bits per heavy atom. The first-order chi connectivity index (χ1) is 20.0. The number of rotatable bonds is 6. The van der Waals surface area contributed by atoms with Gasteiger partial charge in [0.15, 0.2) is 5.65 Å². The van der Waals surface area contributed by atoms with E-state index in [-0.39, 0.29) is 40.6 Å².